The van der Waals surface area contributed by atoms with Crippen LogP contribution in [0, 0.1) is 0 Å². The van der Waals surface area contributed by atoms with Crippen molar-refractivity contribution in [1.82, 2.24) is 10.0 Å². The summed E-state index contributed by atoms with van der Waals surface area (Å²) in [5, 5.41) is 2.67. The standard InChI is InChI=1S/C19H24N2O4S/c1-3-16(15-9-8-13-6-4-5-7-14(13)12-15)21-19(22)17-10-11-18(25-17)26(23,24)20-2/h8-12,16,20H,3-7H2,1-2H3,(H,21,22). The van der Waals surface area contributed by atoms with Gasteiger partial charge in [-0.05, 0) is 68.0 Å². The lowest BCUT2D eigenvalue weighted by molar-refractivity contribution is 0.0902. The summed E-state index contributed by atoms with van der Waals surface area (Å²) >= 11 is 0. The van der Waals surface area contributed by atoms with Gasteiger partial charge in [-0.3, -0.25) is 4.79 Å². The lowest BCUT2D eigenvalue weighted by Crippen LogP contribution is -2.28. The summed E-state index contributed by atoms with van der Waals surface area (Å²) < 4.78 is 30.8. The highest BCUT2D eigenvalue weighted by molar-refractivity contribution is 7.89. The van der Waals surface area contributed by atoms with E-state index in [1.807, 2.05) is 6.92 Å². The molecule has 2 aromatic rings. The van der Waals surface area contributed by atoms with E-state index in [0.717, 1.165) is 24.8 Å². The van der Waals surface area contributed by atoms with Crippen LogP contribution < -0.4 is 10.0 Å². The monoisotopic (exact) mass is 376 g/mol. The smallest absolute Gasteiger partial charge is 0.287 e. The Morgan fingerprint density at radius 1 is 1.15 bits per heavy atom. The van der Waals surface area contributed by atoms with Crippen LogP contribution in [0.3, 0.4) is 0 Å². The van der Waals surface area contributed by atoms with Gasteiger partial charge in [-0.1, -0.05) is 25.1 Å². The molecule has 1 amide bonds. The highest BCUT2D eigenvalue weighted by Crippen LogP contribution is 2.26. The second-order valence-electron chi connectivity index (χ2n) is 6.50. The molecule has 6 nitrogen and oxygen atoms in total. The largest absolute Gasteiger partial charge is 0.438 e. The minimum absolute atomic E-state index is 0.0183. The fourth-order valence-corrected chi connectivity index (χ4v) is 3.96. The first-order chi connectivity index (χ1) is 12.4. The fourth-order valence-electron chi connectivity index (χ4n) is 3.31. The van der Waals surface area contributed by atoms with Crippen LogP contribution in [0.25, 0.3) is 0 Å². The Bertz CT molecular complexity index is 902. The SMILES string of the molecule is CCC(NC(=O)c1ccc(S(=O)(=O)NC)o1)c1ccc2c(c1)CCCC2. The molecule has 0 spiro atoms. The third kappa shape index (κ3) is 3.83. The zero-order chi connectivity index (χ0) is 18.7. The van der Waals surface area contributed by atoms with E-state index in [9.17, 15) is 13.2 Å². The van der Waals surface area contributed by atoms with Crippen LogP contribution in [0.1, 0.15) is 59.5 Å². The molecular formula is C19H24N2O4S. The maximum Gasteiger partial charge on any atom is 0.287 e. The van der Waals surface area contributed by atoms with Crippen LogP contribution in [0.5, 0.6) is 0 Å². The van der Waals surface area contributed by atoms with Gasteiger partial charge in [0.2, 0.25) is 5.09 Å². The maximum atomic E-state index is 12.5. The summed E-state index contributed by atoms with van der Waals surface area (Å²) in [6.07, 6.45) is 5.36. The highest BCUT2D eigenvalue weighted by atomic mass is 32.2. The number of sulfonamides is 1. The van der Waals surface area contributed by atoms with Gasteiger partial charge < -0.3 is 9.73 Å². The molecule has 0 saturated heterocycles. The first-order valence-electron chi connectivity index (χ1n) is 8.90. The first-order valence-corrected chi connectivity index (χ1v) is 10.4. The molecular weight excluding hydrogens is 352 g/mol. The average molecular weight is 376 g/mol. The van der Waals surface area contributed by atoms with Crippen molar-refractivity contribution in [1.29, 1.82) is 0 Å². The molecule has 2 N–H and O–H groups in total. The summed E-state index contributed by atoms with van der Waals surface area (Å²) in [6, 6.07) is 8.91. The molecule has 1 unspecified atom stereocenters. The van der Waals surface area contributed by atoms with E-state index in [-0.39, 0.29) is 16.9 Å². The van der Waals surface area contributed by atoms with E-state index < -0.39 is 15.9 Å². The number of nitrogens with one attached hydrogen (secondary N) is 2. The number of amides is 1. The number of carbonyl (C=O) groups excluding carboxylic acids is 1. The summed E-state index contributed by atoms with van der Waals surface area (Å²) in [5.41, 5.74) is 3.83. The van der Waals surface area contributed by atoms with Crippen molar-refractivity contribution in [2.75, 3.05) is 7.05 Å². The van der Waals surface area contributed by atoms with Gasteiger partial charge in [-0.25, -0.2) is 13.1 Å². The topological polar surface area (TPSA) is 88.4 Å². The molecule has 0 bridgehead atoms. The van der Waals surface area contributed by atoms with E-state index in [1.54, 1.807) is 0 Å². The summed E-state index contributed by atoms with van der Waals surface area (Å²) in [6.45, 7) is 2.00. The van der Waals surface area contributed by atoms with E-state index in [4.69, 9.17) is 4.42 Å². The maximum absolute atomic E-state index is 12.5. The number of fused-ring (bicyclic) bond motifs is 1. The fraction of sp³-hybridized carbons (Fsp3) is 0.421. The predicted octanol–water partition coefficient (Wildman–Crippen LogP) is 2.95. The Morgan fingerprint density at radius 3 is 2.58 bits per heavy atom. The van der Waals surface area contributed by atoms with Gasteiger partial charge in [0.25, 0.3) is 15.9 Å². The predicted molar refractivity (Wildman–Crippen MR) is 98.5 cm³/mol. The Hall–Kier alpha value is -2.12. The molecule has 0 saturated carbocycles. The van der Waals surface area contributed by atoms with Gasteiger partial charge in [-0.15, -0.1) is 0 Å². The van der Waals surface area contributed by atoms with E-state index in [2.05, 4.69) is 28.2 Å². The Kier molecular flexibility index (Phi) is 5.48. The van der Waals surface area contributed by atoms with Gasteiger partial charge in [0, 0.05) is 0 Å². The van der Waals surface area contributed by atoms with Crippen LogP contribution in [0.4, 0.5) is 0 Å². The number of hydrogen-bond donors (Lipinski definition) is 2. The molecule has 1 aliphatic carbocycles. The van der Waals surface area contributed by atoms with Crippen molar-refractivity contribution in [2.24, 2.45) is 0 Å². The molecule has 1 atom stereocenters. The third-order valence-electron chi connectivity index (χ3n) is 4.83. The Balaban J connectivity index is 1.77. The van der Waals surface area contributed by atoms with E-state index in [0.29, 0.717) is 0 Å². The number of hydrogen-bond acceptors (Lipinski definition) is 4. The highest BCUT2D eigenvalue weighted by Gasteiger charge is 2.22. The van der Waals surface area contributed by atoms with Gasteiger partial charge in [0.1, 0.15) is 0 Å². The zero-order valence-electron chi connectivity index (χ0n) is 15.0. The molecule has 0 fully saturated rings. The Morgan fingerprint density at radius 2 is 1.88 bits per heavy atom. The summed E-state index contributed by atoms with van der Waals surface area (Å²) in [4.78, 5) is 12.5. The summed E-state index contributed by atoms with van der Waals surface area (Å²) in [5.74, 6) is -0.442. The number of benzene rings is 1. The van der Waals surface area contributed by atoms with Crippen LogP contribution in [-0.2, 0) is 22.9 Å². The molecule has 1 heterocycles. The number of carbonyl (C=O) groups is 1. The molecule has 140 valence electrons. The molecule has 0 aliphatic heterocycles. The van der Waals surface area contributed by atoms with Crippen molar-refractivity contribution in [2.45, 2.75) is 50.2 Å². The Labute approximate surface area is 154 Å². The molecule has 26 heavy (non-hydrogen) atoms. The van der Waals surface area contributed by atoms with Crippen LogP contribution >= 0.6 is 0 Å². The molecule has 3 rings (SSSR count). The third-order valence-corrected chi connectivity index (χ3v) is 6.11. The minimum Gasteiger partial charge on any atom is -0.438 e. The second kappa shape index (κ2) is 7.63. The van der Waals surface area contributed by atoms with Crippen molar-refractivity contribution < 1.29 is 17.6 Å². The second-order valence-corrected chi connectivity index (χ2v) is 8.31. The molecule has 1 aliphatic rings. The lowest BCUT2D eigenvalue weighted by Gasteiger charge is -2.21. The molecule has 0 radical (unpaired) electrons. The van der Waals surface area contributed by atoms with Crippen molar-refractivity contribution in [3.63, 3.8) is 0 Å². The van der Waals surface area contributed by atoms with Crippen molar-refractivity contribution in [3.05, 3.63) is 52.8 Å². The van der Waals surface area contributed by atoms with Gasteiger partial charge >= 0.3 is 0 Å². The molecule has 1 aromatic heterocycles. The van der Waals surface area contributed by atoms with Crippen LogP contribution in [0.2, 0.25) is 0 Å². The van der Waals surface area contributed by atoms with Crippen molar-refractivity contribution >= 4 is 15.9 Å². The normalized spacial score (nSPS) is 15.3. The van der Waals surface area contributed by atoms with Crippen molar-refractivity contribution in [3.8, 4) is 0 Å². The number of aryl methyl sites for hydroxylation is 2. The molecule has 7 heteroatoms. The lowest BCUT2D eigenvalue weighted by atomic mass is 9.89. The van der Waals surface area contributed by atoms with Crippen LogP contribution in [0.15, 0.2) is 39.8 Å². The van der Waals surface area contributed by atoms with Gasteiger partial charge in [0.15, 0.2) is 5.76 Å². The van der Waals surface area contributed by atoms with Gasteiger partial charge in [0.05, 0.1) is 6.04 Å². The number of furan rings is 1. The molecule has 1 aromatic carbocycles. The van der Waals surface area contributed by atoms with E-state index in [1.165, 1.54) is 43.1 Å². The quantitative estimate of drug-likeness (QED) is 0.811. The minimum atomic E-state index is -3.70. The average Bonchev–Trinajstić information content (AvgIpc) is 3.17. The van der Waals surface area contributed by atoms with Gasteiger partial charge in [-0.2, -0.15) is 0 Å². The summed E-state index contributed by atoms with van der Waals surface area (Å²) in [7, 11) is -2.41. The number of rotatable bonds is 6. The van der Waals surface area contributed by atoms with E-state index >= 15 is 0 Å². The first kappa shape index (κ1) is 18.7. The van der Waals surface area contributed by atoms with Crippen LogP contribution in [-0.4, -0.2) is 21.4 Å². The zero-order valence-corrected chi connectivity index (χ0v) is 15.9.